The van der Waals surface area contributed by atoms with Crippen LogP contribution in [0.5, 0.6) is 0 Å². The third kappa shape index (κ3) is 3.23. The van der Waals surface area contributed by atoms with Crippen LogP contribution in [0.15, 0.2) is 24.4 Å². The average molecular weight is 180 g/mol. The zero-order chi connectivity index (χ0) is 9.73. The summed E-state index contributed by atoms with van der Waals surface area (Å²) in [4.78, 5) is 0. The molecule has 74 valence electrons. The zero-order valence-electron chi connectivity index (χ0n) is 8.69. The van der Waals surface area contributed by atoms with Gasteiger partial charge in [0.2, 0.25) is 0 Å². The first-order chi connectivity index (χ1) is 6.16. The second-order valence-electron chi connectivity index (χ2n) is 4.02. The molecule has 1 fully saturated rings. The van der Waals surface area contributed by atoms with E-state index >= 15 is 0 Å². The molecule has 0 aliphatic carbocycles. The number of rotatable bonds is 3. The summed E-state index contributed by atoms with van der Waals surface area (Å²) in [6.45, 7) is 10.3. The van der Waals surface area contributed by atoms with Gasteiger partial charge in [-0.05, 0) is 45.9 Å². The first-order valence-corrected chi connectivity index (χ1v) is 4.94. The first kappa shape index (κ1) is 10.3. The summed E-state index contributed by atoms with van der Waals surface area (Å²) < 4.78 is 0. The quantitative estimate of drug-likeness (QED) is 0.647. The van der Waals surface area contributed by atoms with Crippen molar-refractivity contribution in [2.45, 2.75) is 32.2 Å². The Bertz CT molecular complexity index is 200. The van der Waals surface area contributed by atoms with Crippen LogP contribution >= 0.6 is 0 Å². The van der Waals surface area contributed by atoms with Gasteiger partial charge in [-0.25, -0.2) is 0 Å². The fraction of sp³-hybridized carbons (Fsp3) is 0.636. The fourth-order valence-electron chi connectivity index (χ4n) is 1.80. The summed E-state index contributed by atoms with van der Waals surface area (Å²) in [6.07, 6.45) is 6.23. The standard InChI is InChI=1S/C11H20N2/c1-4-5-10(2)13-11(3)6-8-12-9-7-11/h4-5,12-13H,1,6-9H2,2-3H3/b10-5+. The lowest BCUT2D eigenvalue weighted by Crippen LogP contribution is -2.49. The SMILES string of the molecule is C=C/C=C(\C)NC1(C)CCNCC1. The second kappa shape index (κ2) is 4.47. The molecule has 0 saturated carbocycles. The average Bonchev–Trinajstić information content (AvgIpc) is 2.04. The Labute approximate surface area is 81.1 Å². The predicted molar refractivity (Wildman–Crippen MR) is 57.6 cm³/mol. The van der Waals surface area contributed by atoms with Crippen molar-refractivity contribution in [3.8, 4) is 0 Å². The van der Waals surface area contributed by atoms with E-state index in [0.717, 1.165) is 13.1 Å². The van der Waals surface area contributed by atoms with Crippen LogP contribution in [0.2, 0.25) is 0 Å². The molecule has 0 amide bonds. The van der Waals surface area contributed by atoms with Gasteiger partial charge in [0, 0.05) is 11.2 Å². The van der Waals surface area contributed by atoms with Crippen molar-refractivity contribution in [2.24, 2.45) is 0 Å². The van der Waals surface area contributed by atoms with Crippen molar-refractivity contribution in [3.05, 3.63) is 24.4 Å². The molecule has 0 aromatic heterocycles. The third-order valence-corrected chi connectivity index (χ3v) is 2.57. The van der Waals surface area contributed by atoms with E-state index in [0.29, 0.717) is 0 Å². The predicted octanol–water partition coefficient (Wildman–Crippen LogP) is 1.81. The van der Waals surface area contributed by atoms with Crippen LogP contribution in [-0.2, 0) is 0 Å². The summed E-state index contributed by atoms with van der Waals surface area (Å²) in [5.74, 6) is 0. The molecule has 1 aliphatic rings. The van der Waals surface area contributed by atoms with Crippen LogP contribution in [0, 0.1) is 0 Å². The molecule has 1 heterocycles. The Balaban J connectivity index is 2.49. The molecule has 2 nitrogen and oxygen atoms in total. The van der Waals surface area contributed by atoms with E-state index in [9.17, 15) is 0 Å². The Morgan fingerprint density at radius 3 is 2.62 bits per heavy atom. The van der Waals surface area contributed by atoms with Crippen LogP contribution < -0.4 is 10.6 Å². The van der Waals surface area contributed by atoms with Crippen molar-refractivity contribution in [2.75, 3.05) is 13.1 Å². The highest BCUT2D eigenvalue weighted by Crippen LogP contribution is 2.18. The molecule has 2 heteroatoms. The smallest absolute Gasteiger partial charge is 0.0366 e. The molecule has 1 aliphatic heterocycles. The molecule has 2 N–H and O–H groups in total. The Hall–Kier alpha value is -0.760. The molecule has 0 aromatic carbocycles. The van der Waals surface area contributed by atoms with Crippen LogP contribution in [-0.4, -0.2) is 18.6 Å². The second-order valence-corrected chi connectivity index (χ2v) is 4.02. The largest absolute Gasteiger partial charge is 0.383 e. The minimum Gasteiger partial charge on any atom is -0.383 e. The van der Waals surface area contributed by atoms with Crippen LogP contribution in [0.1, 0.15) is 26.7 Å². The fourth-order valence-corrected chi connectivity index (χ4v) is 1.80. The van der Waals surface area contributed by atoms with Gasteiger partial charge in [0.05, 0.1) is 0 Å². The minimum atomic E-state index is 0.273. The molecule has 0 radical (unpaired) electrons. The maximum Gasteiger partial charge on any atom is 0.0366 e. The lowest BCUT2D eigenvalue weighted by molar-refractivity contribution is 0.288. The highest BCUT2D eigenvalue weighted by atomic mass is 15.0. The number of hydrogen-bond donors (Lipinski definition) is 2. The molecular weight excluding hydrogens is 160 g/mol. The first-order valence-electron chi connectivity index (χ1n) is 4.94. The third-order valence-electron chi connectivity index (χ3n) is 2.57. The highest BCUT2D eigenvalue weighted by Gasteiger charge is 2.25. The minimum absolute atomic E-state index is 0.273. The lowest BCUT2D eigenvalue weighted by atomic mass is 9.90. The maximum atomic E-state index is 3.69. The van der Waals surface area contributed by atoms with Crippen molar-refractivity contribution in [1.82, 2.24) is 10.6 Å². The molecule has 1 saturated heterocycles. The molecule has 13 heavy (non-hydrogen) atoms. The van der Waals surface area contributed by atoms with E-state index in [4.69, 9.17) is 0 Å². The Kier molecular flexibility index (Phi) is 3.55. The van der Waals surface area contributed by atoms with Crippen molar-refractivity contribution < 1.29 is 0 Å². The monoisotopic (exact) mass is 180 g/mol. The van der Waals surface area contributed by atoms with Crippen molar-refractivity contribution in [1.29, 1.82) is 0 Å². The van der Waals surface area contributed by atoms with Gasteiger partial charge in [-0.1, -0.05) is 12.7 Å². The topological polar surface area (TPSA) is 24.1 Å². The molecule has 0 atom stereocenters. The normalized spacial score (nSPS) is 22.5. The molecule has 0 aromatic rings. The summed E-state index contributed by atoms with van der Waals surface area (Å²) in [6, 6.07) is 0. The number of hydrogen-bond acceptors (Lipinski definition) is 2. The Morgan fingerprint density at radius 2 is 2.08 bits per heavy atom. The van der Waals surface area contributed by atoms with E-state index in [1.807, 2.05) is 12.2 Å². The highest BCUT2D eigenvalue weighted by molar-refractivity contribution is 5.09. The van der Waals surface area contributed by atoms with E-state index in [2.05, 4.69) is 31.1 Å². The Morgan fingerprint density at radius 1 is 1.46 bits per heavy atom. The van der Waals surface area contributed by atoms with Gasteiger partial charge < -0.3 is 10.6 Å². The molecular formula is C11H20N2. The summed E-state index contributed by atoms with van der Waals surface area (Å²) in [5.41, 5.74) is 1.48. The van der Waals surface area contributed by atoms with Gasteiger partial charge in [0.1, 0.15) is 0 Å². The number of allylic oxidation sites excluding steroid dienone is 3. The van der Waals surface area contributed by atoms with E-state index < -0.39 is 0 Å². The van der Waals surface area contributed by atoms with Gasteiger partial charge in [0.15, 0.2) is 0 Å². The molecule has 0 spiro atoms. The van der Waals surface area contributed by atoms with Crippen molar-refractivity contribution >= 4 is 0 Å². The summed E-state index contributed by atoms with van der Waals surface area (Å²) >= 11 is 0. The summed E-state index contributed by atoms with van der Waals surface area (Å²) in [5, 5.41) is 6.91. The van der Waals surface area contributed by atoms with Gasteiger partial charge in [-0.3, -0.25) is 0 Å². The van der Waals surface area contributed by atoms with E-state index in [1.54, 1.807) is 0 Å². The van der Waals surface area contributed by atoms with Crippen molar-refractivity contribution in [3.63, 3.8) is 0 Å². The van der Waals surface area contributed by atoms with Crippen LogP contribution in [0.4, 0.5) is 0 Å². The van der Waals surface area contributed by atoms with Gasteiger partial charge in [-0.15, -0.1) is 0 Å². The van der Waals surface area contributed by atoms with E-state index in [1.165, 1.54) is 18.5 Å². The van der Waals surface area contributed by atoms with Crippen LogP contribution in [0.25, 0.3) is 0 Å². The lowest BCUT2D eigenvalue weighted by Gasteiger charge is -2.36. The maximum absolute atomic E-state index is 3.69. The number of nitrogens with one attached hydrogen (secondary N) is 2. The number of piperidine rings is 1. The molecule has 0 unspecified atom stereocenters. The van der Waals surface area contributed by atoms with Crippen LogP contribution in [0.3, 0.4) is 0 Å². The van der Waals surface area contributed by atoms with Gasteiger partial charge in [0.25, 0.3) is 0 Å². The van der Waals surface area contributed by atoms with E-state index in [-0.39, 0.29) is 5.54 Å². The zero-order valence-corrected chi connectivity index (χ0v) is 8.69. The molecule has 1 rings (SSSR count). The summed E-state index contributed by atoms with van der Waals surface area (Å²) in [7, 11) is 0. The van der Waals surface area contributed by atoms with Gasteiger partial charge >= 0.3 is 0 Å². The van der Waals surface area contributed by atoms with Gasteiger partial charge in [-0.2, -0.15) is 0 Å². The molecule has 0 bridgehead atoms.